The first-order valence-corrected chi connectivity index (χ1v) is 7.17. The van der Waals surface area contributed by atoms with Crippen molar-refractivity contribution in [1.82, 2.24) is 9.80 Å². The number of rotatable bonds is 3. The number of amides is 1. The Hall–Kier alpha value is -1.40. The smallest absolute Gasteiger partial charge is 0.326 e. The zero-order valence-electron chi connectivity index (χ0n) is 11.1. The molecule has 1 aliphatic rings. The molecule has 1 saturated heterocycles. The van der Waals surface area contributed by atoms with Gasteiger partial charge in [0.25, 0.3) is 5.91 Å². The second-order valence-electron chi connectivity index (χ2n) is 5.01. The Balaban J connectivity index is 2.16. The fourth-order valence-electron chi connectivity index (χ4n) is 2.44. The Morgan fingerprint density at radius 1 is 1.47 bits per heavy atom. The predicted octanol–water partition coefficient (Wildman–Crippen LogP) is 1.37. The molecule has 1 amide bonds. The van der Waals surface area contributed by atoms with Gasteiger partial charge >= 0.3 is 5.97 Å². The highest BCUT2D eigenvalue weighted by Gasteiger charge is 2.37. The summed E-state index contributed by atoms with van der Waals surface area (Å²) in [5, 5.41) is 12.9. The van der Waals surface area contributed by atoms with Crippen molar-refractivity contribution >= 4 is 23.2 Å². The summed E-state index contributed by atoms with van der Waals surface area (Å²) in [5.41, 5.74) is 0.583. The Labute approximate surface area is 116 Å². The highest BCUT2D eigenvalue weighted by Crippen LogP contribution is 2.23. The molecule has 104 valence electrons. The fourth-order valence-corrected chi connectivity index (χ4v) is 3.07. The highest BCUT2D eigenvalue weighted by molar-refractivity contribution is 7.08. The largest absolute Gasteiger partial charge is 0.480 e. The number of nitrogens with zero attached hydrogens (tertiary/aromatic N) is 2. The molecule has 2 atom stereocenters. The maximum Gasteiger partial charge on any atom is 0.326 e. The van der Waals surface area contributed by atoms with Crippen LogP contribution in [-0.2, 0) is 4.79 Å². The summed E-state index contributed by atoms with van der Waals surface area (Å²) in [5.74, 6) is -1.10. The minimum Gasteiger partial charge on any atom is -0.480 e. The lowest BCUT2D eigenvalue weighted by Crippen LogP contribution is -2.53. The van der Waals surface area contributed by atoms with Crippen LogP contribution in [0, 0.1) is 0 Å². The highest BCUT2D eigenvalue weighted by atomic mass is 32.1. The molecular formula is C13H18N2O3S. The third kappa shape index (κ3) is 2.96. The minimum atomic E-state index is -0.921. The van der Waals surface area contributed by atoms with Crippen molar-refractivity contribution in [2.75, 3.05) is 20.6 Å². The topological polar surface area (TPSA) is 60.9 Å². The van der Waals surface area contributed by atoms with Crippen LogP contribution >= 0.6 is 11.3 Å². The zero-order valence-corrected chi connectivity index (χ0v) is 11.9. The standard InChI is InChI=1S/C13H18N2O3S/c1-14(2)10-3-5-15(11(7-10)13(17)18)12(16)9-4-6-19-8-9/h4,6,8,10-11H,3,5,7H2,1-2H3,(H,17,18)/t10-,11+/m1/s1. The van der Waals surface area contributed by atoms with Gasteiger partial charge in [0.15, 0.2) is 0 Å². The van der Waals surface area contributed by atoms with Gasteiger partial charge in [-0.2, -0.15) is 11.3 Å². The molecule has 0 radical (unpaired) electrons. The molecule has 19 heavy (non-hydrogen) atoms. The van der Waals surface area contributed by atoms with Crippen LogP contribution < -0.4 is 0 Å². The maximum absolute atomic E-state index is 12.3. The van der Waals surface area contributed by atoms with E-state index in [2.05, 4.69) is 0 Å². The van der Waals surface area contributed by atoms with E-state index in [0.29, 0.717) is 18.5 Å². The lowest BCUT2D eigenvalue weighted by molar-refractivity contribution is -0.144. The molecular weight excluding hydrogens is 264 g/mol. The predicted molar refractivity (Wildman–Crippen MR) is 73.5 cm³/mol. The number of likely N-dealkylation sites (tertiary alicyclic amines) is 1. The van der Waals surface area contributed by atoms with Gasteiger partial charge in [-0.25, -0.2) is 4.79 Å². The lowest BCUT2D eigenvalue weighted by Gasteiger charge is -2.39. The van der Waals surface area contributed by atoms with Crippen molar-refractivity contribution in [2.45, 2.75) is 24.9 Å². The molecule has 1 fully saturated rings. The average molecular weight is 282 g/mol. The molecule has 0 aliphatic carbocycles. The van der Waals surface area contributed by atoms with Gasteiger partial charge in [0.1, 0.15) is 6.04 Å². The van der Waals surface area contributed by atoms with Crippen LogP contribution in [0.2, 0.25) is 0 Å². The van der Waals surface area contributed by atoms with E-state index in [1.54, 1.807) is 11.4 Å². The SMILES string of the molecule is CN(C)[C@@H]1CCN(C(=O)c2ccsc2)[C@H](C(=O)O)C1. The van der Waals surface area contributed by atoms with E-state index >= 15 is 0 Å². The number of thiophene rings is 1. The molecule has 1 aromatic rings. The van der Waals surface area contributed by atoms with E-state index in [-0.39, 0.29) is 11.9 Å². The van der Waals surface area contributed by atoms with Crippen molar-refractivity contribution < 1.29 is 14.7 Å². The third-order valence-electron chi connectivity index (χ3n) is 3.62. The normalized spacial score (nSPS) is 23.6. The van der Waals surface area contributed by atoms with Crippen LogP contribution in [0.25, 0.3) is 0 Å². The van der Waals surface area contributed by atoms with Crippen LogP contribution in [0.15, 0.2) is 16.8 Å². The second kappa shape index (κ2) is 5.71. The Morgan fingerprint density at radius 3 is 2.74 bits per heavy atom. The van der Waals surface area contributed by atoms with Crippen LogP contribution in [0.1, 0.15) is 23.2 Å². The van der Waals surface area contributed by atoms with Gasteiger partial charge in [-0.1, -0.05) is 0 Å². The van der Waals surface area contributed by atoms with Gasteiger partial charge in [-0.15, -0.1) is 0 Å². The summed E-state index contributed by atoms with van der Waals surface area (Å²) < 4.78 is 0. The van der Waals surface area contributed by atoms with Crippen molar-refractivity contribution in [2.24, 2.45) is 0 Å². The van der Waals surface area contributed by atoms with E-state index in [0.717, 1.165) is 6.42 Å². The van der Waals surface area contributed by atoms with Crippen LogP contribution in [-0.4, -0.2) is 59.5 Å². The van der Waals surface area contributed by atoms with Gasteiger partial charge in [0.05, 0.1) is 5.56 Å². The van der Waals surface area contributed by atoms with E-state index < -0.39 is 12.0 Å². The van der Waals surface area contributed by atoms with Crippen LogP contribution in [0.5, 0.6) is 0 Å². The van der Waals surface area contributed by atoms with Crippen molar-refractivity contribution in [3.63, 3.8) is 0 Å². The molecule has 0 aromatic carbocycles. The Kier molecular flexibility index (Phi) is 4.21. The molecule has 0 bridgehead atoms. The number of carbonyl (C=O) groups excluding carboxylic acids is 1. The number of aliphatic carboxylic acids is 1. The number of hydrogen-bond acceptors (Lipinski definition) is 4. The summed E-state index contributed by atoms with van der Waals surface area (Å²) in [6, 6.07) is 1.23. The molecule has 5 nitrogen and oxygen atoms in total. The summed E-state index contributed by atoms with van der Waals surface area (Å²) in [6.45, 7) is 0.495. The van der Waals surface area contributed by atoms with Gasteiger partial charge in [0.2, 0.25) is 0 Å². The third-order valence-corrected chi connectivity index (χ3v) is 4.30. The van der Waals surface area contributed by atoms with Gasteiger partial charge in [0, 0.05) is 18.0 Å². The molecule has 0 spiro atoms. The Bertz CT molecular complexity index is 458. The number of piperidine rings is 1. The van der Waals surface area contributed by atoms with Crippen molar-refractivity contribution in [3.05, 3.63) is 22.4 Å². The number of hydrogen-bond donors (Lipinski definition) is 1. The fraction of sp³-hybridized carbons (Fsp3) is 0.538. The molecule has 2 rings (SSSR count). The summed E-state index contributed by atoms with van der Waals surface area (Å²) in [6.07, 6.45) is 1.30. The lowest BCUT2D eigenvalue weighted by atomic mass is 9.95. The van der Waals surface area contributed by atoms with E-state index in [9.17, 15) is 14.7 Å². The summed E-state index contributed by atoms with van der Waals surface area (Å²) in [7, 11) is 3.89. The average Bonchev–Trinajstić information content (AvgIpc) is 2.90. The Morgan fingerprint density at radius 2 is 2.21 bits per heavy atom. The first kappa shape index (κ1) is 14.0. The number of carboxylic acids is 1. The molecule has 0 unspecified atom stereocenters. The molecule has 0 saturated carbocycles. The van der Waals surface area contributed by atoms with Crippen molar-refractivity contribution in [1.29, 1.82) is 0 Å². The van der Waals surface area contributed by atoms with Gasteiger partial charge < -0.3 is 14.9 Å². The van der Waals surface area contributed by atoms with E-state index in [1.165, 1.54) is 16.2 Å². The molecule has 6 heteroatoms. The first-order chi connectivity index (χ1) is 9.00. The first-order valence-electron chi connectivity index (χ1n) is 6.23. The summed E-state index contributed by atoms with van der Waals surface area (Å²) in [4.78, 5) is 27.2. The quantitative estimate of drug-likeness (QED) is 0.909. The molecule has 1 aromatic heterocycles. The number of carboxylic acid groups (broad SMARTS) is 1. The molecule has 1 N–H and O–H groups in total. The summed E-state index contributed by atoms with van der Waals surface area (Å²) >= 11 is 1.44. The zero-order chi connectivity index (χ0) is 14.0. The van der Waals surface area contributed by atoms with E-state index in [1.807, 2.05) is 24.4 Å². The van der Waals surface area contributed by atoms with Gasteiger partial charge in [-0.05, 0) is 38.4 Å². The monoisotopic (exact) mass is 282 g/mol. The minimum absolute atomic E-state index is 0.175. The van der Waals surface area contributed by atoms with Crippen LogP contribution in [0.3, 0.4) is 0 Å². The number of carbonyl (C=O) groups is 2. The second-order valence-corrected chi connectivity index (χ2v) is 5.79. The molecule has 2 heterocycles. The van der Waals surface area contributed by atoms with Gasteiger partial charge in [-0.3, -0.25) is 4.79 Å². The molecule has 1 aliphatic heterocycles. The van der Waals surface area contributed by atoms with E-state index in [4.69, 9.17) is 0 Å². The maximum atomic E-state index is 12.3. The van der Waals surface area contributed by atoms with Crippen LogP contribution in [0.4, 0.5) is 0 Å². The van der Waals surface area contributed by atoms with Crippen molar-refractivity contribution in [3.8, 4) is 0 Å².